The van der Waals surface area contributed by atoms with Gasteiger partial charge in [0, 0.05) is 12.8 Å². The molecule has 1 unspecified atom stereocenters. The van der Waals surface area contributed by atoms with Crippen molar-refractivity contribution in [2.45, 2.75) is 373 Å². The van der Waals surface area contributed by atoms with E-state index in [0.717, 1.165) is 57.8 Å². The van der Waals surface area contributed by atoms with E-state index in [1.807, 2.05) is 0 Å². The molecular formula is C70H130O5. The van der Waals surface area contributed by atoms with Crippen LogP contribution in [0.25, 0.3) is 0 Å². The zero-order chi connectivity index (χ0) is 54.1. The number of hydrogen-bond acceptors (Lipinski definition) is 5. The number of unbranched alkanes of at least 4 members (excludes halogenated alkanes) is 47. The van der Waals surface area contributed by atoms with Crippen molar-refractivity contribution < 1.29 is 24.2 Å². The molecule has 75 heavy (non-hydrogen) atoms. The molecule has 0 aromatic rings. The van der Waals surface area contributed by atoms with Crippen LogP contribution < -0.4 is 0 Å². The number of carbonyl (C=O) groups is 2. The lowest BCUT2D eigenvalue weighted by molar-refractivity contribution is -0.161. The molecular weight excluding hydrogens is 921 g/mol. The van der Waals surface area contributed by atoms with Gasteiger partial charge in [-0.15, -0.1) is 0 Å². The fourth-order valence-corrected chi connectivity index (χ4v) is 10.4. The molecule has 0 aliphatic rings. The molecule has 0 spiro atoms. The Morgan fingerprint density at radius 2 is 0.573 bits per heavy atom. The molecule has 1 N–H and O–H groups in total. The fourth-order valence-electron chi connectivity index (χ4n) is 10.4. The summed E-state index contributed by atoms with van der Waals surface area (Å²) in [4.78, 5) is 24.6. The molecule has 0 aromatic carbocycles. The summed E-state index contributed by atoms with van der Waals surface area (Å²) >= 11 is 0. The molecule has 0 radical (unpaired) electrons. The maximum absolute atomic E-state index is 12.3. The number of esters is 2. The van der Waals surface area contributed by atoms with Crippen molar-refractivity contribution in [3.63, 3.8) is 0 Å². The molecule has 5 heteroatoms. The molecule has 0 saturated carbocycles. The molecule has 0 bridgehead atoms. The first-order valence-corrected chi connectivity index (χ1v) is 33.7. The summed E-state index contributed by atoms with van der Waals surface area (Å²) in [5.41, 5.74) is 0. The summed E-state index contributed by atoms with van der Waals surface area (Å²) < 4.78 is 10.8. The van der Waals surface area contributed by atoms with Crippen molar-refractivity contribution in [2.75, 3.05) is 13.2 Å². The molecule has 1 atom stereocenters. The molecule has 0 aromatic heterocycles. The second-order valence-corrected chi connectivity index (χ2v) is 22.9. The van der Waals surface area contributed by atoms with E-state index in [4.69, 9.17) is 9.47 Å². The van der Waals surface area contributed by atoms with Crippen LogP contribution in [-0.2, 0) is 19.1 Å². The zero-order valence-corrected chi connectivity index (χ0v) is 50.6. The Balaban J connectivity index is 3.37. The summed E-state index contributed by atoms with van der Waals surface area (Å²) in [6.45, 7) is 4.09. The van der Waals surface area contributed by atoms with Gasteiger partial charge in [0.25, 0.3) is 0 Å². The highest BCUT2D eigenvalue weighted by atomic mass is 16.6. The molecule has 0 heterocycles. The third-order valence-electron chi connectivity index (χ3n) is 15.4. The number of aliphatic hydroxyl groups excluding tert-OH is 1. The minimum absolute atomic E-state index is 0.0583. The normalized spacial score (nSPS) is 12.4. The van der Waals surface area contributed by atoms with E-state index >= 15 is 0 Å². The average Bonchev–Trinajstić information content (AvgIpc) is 3.41. The SMILES string of the molecule is CC/C=C\C/C=C\C/C=C\C/C=C\CCCCCCCCCCCCCCCCCCCCCCCCCCCCC(=O)OC(CO)COC(=O)CCCCCCCCCCCCCCCCCCCCCCCC. The van der Waals surface area contributed by atoms with E-state index in [0.29, 0.717) is 12.8 Å². The molecule has 5 nitrogen and oxygen atoms in total. The average molecular weight is 1050 g/mol. The first-order chi connectivity index (χ1) is 37.1. The number of aliphatic hydroxyl groups is 1. The summed E-state index contributed by atoms with van der Waals surface area (Å²) in [5, 5.41) is 9.69. The van der Waals surface area contributed by atoms with Crippen LogP contribution in [-0.4, -0.2) is 36.4 Å². The zero-order valence-electron chi connectivity index (χ0n) is 50.6. The van der Waals surface area contributed by atoms with Gasteiger partial charge >= 0.3 is 11.9 Å². The van der Waals surface area contributed by atoms with E-state index in [9.17, 15) is 14.7 Å². The minimum Gasteiger partial charge on any atom is -0.462 e. The largest absolute Gasteiger partial charge is 0.462 e. The number of carbonyl (C=O) groups excluding carboxylic acids is 2. The Kier molecular flexibility index (Phi) is 64.3. The lowest BCUT2D eigenvalue weighted by atomic mass is 10.0. The van der Waals surface area contributed by atoms with E-state index < -0.39 is 6.10 Å². The number of hydrogen-bond donors (Lipinski definition) is 1. The molecule has 0 aliphatic carbocycles. The molecule has 440 valence electrons. The fraction of sp³-hybridized carbons (Fsp3) is 0.857. The van der Waals surface area contributed by atoms with Crippen LogP contribution in [0.1, 0.15) is 367 Å². The number of allylic oxidation sites excluding steroid dienone is 8. The highest BCUT2D eigenvalue weighted by Crippen LogP contribution is 2.19. The van der Waals surface area contributed by atoms with Gasteiger partial charge < -0.3 is 14.6 Å². The van der Waals surface area contributed by atoms with Gasteiger partial charge in [-0.05, 0) is 51.4 Å². The predicted molar refractivity (Wildman–Crippen MR) is 330 cm³/mol. The van der Waals surface area contributed by atoms with Crippen molar-refractivity contribution in [1.29, 1.82) is 0 Å². The molecule has 0 saturated heterocycles. The monoisotopic (exact) mass is 1050 g/mol. The van der Waals surface area contributed by atoms with Gasteiger partial charge in [-0.1, -0.05) is 351 Å². The lowest BCUT2D eigenvalue weighted by Gasteiger charge is -2.15. The number of ether oxygens (including phenoxy) is 2. The van der Waals surface area contributed by atoms with Crippen LogP contribution in [0.3, 0.4) is 0 Å². The van der Waals surface area contributed by atoms with Crippen LogP contribution in [0.5, 0.6) is 0 Å². The smallest absolute Gasteiger partial charge is 0.306 e. The van der Waals surface area contributed by atoms with Crippen LogP contribution in [0.15, 0.2) is 48.6 Å². The third kappa shape index (κ3) is 64.3. The van der Waals surface area contributed by atoms with Gasteiger partial charge in [-0.25, -0.2) is 0 Å². The predicted octanol–water partition coefficient (Wildman–Crippen LogP) is 23.2. The Morgan fingerprint density at radius 1 is 0.320 bits per heavy atom. The van der Waals surface area contributed by atoms with Crippen molar-refractivity contribution in [2.24, 2.45) is 0 Å². The third-order valence-corrected chi connectivity index (χ3v) is 15.4. The maximum atomic E-state index is 12.3. The topological polar surface area (TPSA) is 72.8 Å². The maximum Gasteiger partial charge on any atom is 0.306 e. The Bertz CT molecular complexity index is 1230. The van der Waals surface area contributed by atoms with Crippen LogP contribution in [0.2, 0.25) is 0 Å². The van der Waals surface area contributed by atoms with Crippen molar-refractivity contribution in [1.82, 2.24) is 0 Å². The van der Waals surface area contributed by atoms with E-state index in [1.165, 1.54) is 283 Å². The molecule has 0 fully saturated rings. The first-order valence-electron chi connectivity index (χ1n) is 33.7. The van der Waals surface area contributed by atoms with E-state index in [2.05, 4.69) is 62.5 Å². The number of rotatable bonds is 63. The lowest BCUT2D eigenvalue weighted by Crippen LogP contribution is -2.28. The highest BCUT2D eigenvalue weighted by molar-refractivity contribution is 5.70. The van der Waals surface area contributed by atoms with Gasteiger partial charge in [0.05, 0.1) is 6.61 Å². The van der Waals surface area contributed by atoms with Crippen LogP contribution in [0.4, 0.5) is 0 Å². The summed E-state index contributed by atoms with van der Waals surface area (Å²) in [6, 6.07) is 0. The first kappa shape index (κ1) is 72.9. The second-order valence-electron chi connectivity index (χ2n) is 22.9. The Morgan fingerprint density at radius 3 is 0.867 bits per heavy atom. The van der Waals surface area contributed by atoms with Gasteiger partial charge in [-0.3, -0.25) is 9.59 Å². The summed E-state index contributed by atoms with van der Waals surface area (Å²) in [5.74, 6) is -0.565. The molecule has 0 aliphatic heterocycles. The Labute approximate surface area is 469 Å². The minimum atomic E-state index is -0.768. The van der Waals surface area contributed by atoms with Gasteiger partial charge in [0.1, 0.15) is 6.61 Å². The second kappa shape index (κ2) is 66.1. The van der Waals surface area contributed by atoms with E-state index in [1.54, 1.807) is 0 Å². The van der Waals surface area contributed by atoms with Gasteiger partial charge in [0.2, 0.25) is 0 Å². The summed E-state index contributed by atoms with van der Waals surface area (Å²) in [6.07, 6.45) is 88.6. The van der Waals surface area contributed by atoms with Crippen LogP contribution in [0, 0.1) is 0 Å². The standard InChI is InChI=1S/C70H130O5/c1-3-5-7-9-11-13-15-17-19-21-23-25-27-28-29-30-31-32-33-34-35-36-37-38-39-40-41-42-43-45-47-49-51-53-55-57-59-61-63-65-70(73)75-68(66-71)67-74-69(72)64-62-60-58-56-54-52-50-48-46-44-26-24-22-20-18-16-14-12-10-8-6-4-2/h5,7,11,13,17,19,23,25,68,71H,3-4,6,8-10,12,14-16,18,20-22,24,26-67H2,1-2H3/b7-5-,13-11-,19-17-,25-23-. The van der Waals surface area contributed by atoms with Gasteiger partial charge in [0.15, 0.2) is 6.10 Å². The highest BCUT2D eigenvalue weighted by Gasteiger charge is 2.16. The quantitative estimate of drug-likeness (QED) is 0.0373. The summed E-state index contributed by atoms with van der Waals surface area (Å²) in [7, 11) is 0. The molecule has 0 amide bonds. The molecule has 0 rings (SSSR count). The van der Waals surface area contributed by atoms with Crippen LogP contribution >= 0.6 is 0 Å². The van der Waals surface area contributed by atoms with Crippen molar-refractivity contribution in [3.05, 3.63) is 48.6 Å². The van der Waals surface area contributed by atoms with Gasteiger partial charge in [-0.2, -0.15) is 0 Å². The van der Waals surface area contributed by atoms with E-state index in [-0.39, 0.29) is 25.2 Å². The van der Waals surface area contributed by atoms with Crippen molar-refractivity contribution >= 4 is 11.9 Å². The van der Waals surface area contributed by atoms with Crippen molar-refractivity contribution in [3.8, 4) is 0 Å². The Hall–Kier alpha value is -2.14.